The van der Waals surface area contributed by atoms with Gasteiger partial charge in [-0.15, -0.1) is 10.2 Å². The Balaban J connectivity index is 2.39. The molecule has 0 amide bonds. The van der Waals surface area contributed by atoms with Crippen LogP contribution in [0, 0.1) is 0 Å². The molecule has 0 atom stereocenters. The van der Waals surface area contributed by atoms with Crippen LogP contribution in [0.4, 0.5) is 0 Å². The molecule has 1 aromatic heterocycles. The topological polar surface area (TPSA) is 100 Å². The third-order valence-corrected chi connectivity index (χ3v) is 3.65. The third-order valence-electron chi connectivity index (χ3n) is 2.80. The van der Waals surface area contributed by atoms with E-state index in [1.807, 2.05) is 0 Å². The van der Waals surface area contributed by atoms with Crippen molar-refractivity contribution in [1.82, 2.24) is 10.2 Å². The van der Waals surface area contributed by atoms with E-state index in [0.29, 0.717) is 16.4 Å². The molecule has 2 aromatic carbocycles. The first-order chi connectivity index (χ1) is 8.95. The van der Waals surface area contributed by atoms with Crippen molar-refractivity contribution in [1.29, 1.82) is 0 Å². The largest absolute Gasteiger partial charge is 0.508 e. The summed E-state index contributed by atoms with van der Waals surface area (Å²) in [6.07, 6.45) is 0. The normalized spacial score (nSPS) is 12.1. The van der Waals surface area contributed by atoms with Gasteiger partial charge in [0.1, 0.15) is 5.75 Å². The van der Waals surface area contributed by atoms with Gasteiger partial charge in [0, 0.05) is 16.8 Å². The molecule has 0 aliphatic heterocycles. The average Bonchev–Trinajstić information content (AvgIpc) is 2.36. The average molecular weight is 276 g/mol. The summed E-state index contributed by atoms with van der Waals surface area (Å²) in [6.45, 7) is 0. The van der Waals surface area contributed by atoms with Gasteiger partial charge in [0.2, 0.25) is 0 Å². The molecule has 0 radical (unpaired) electrons. The van der Waals surface area contributed by atoms with Gasteiger partial charge in [0.25, 0.3) is 10.1 Å². The van der Waals surface area contributed by atoms with Crippen molar-refractivity contribution in [2.75, 3.05) is 0 Å². The van der Waals surface area contributed by atoms with Crippen molar-refractivity contribution >= 4 is 31.9 Å². The predicted molar refractivity (Wildman–Crippen MR) is 68.5 cm³/mol. The number of phenolic OH excluding ortho intramolecular Hbond substituents is 1. The van der Waals surface area contributed by atoms with Gasteiger partial charge in [-0.1, -0.05) is 6.07 Å². The van der Waals surface area contributed by atoms with E-state index in [-0.39, 0.29) is 10.6 Å². The highest BCUT2D eigenvalue weighted by molar-refractivity contribution is 7.85. The zero-order chi connectivity index (χ0) is 13.6. The van der Waals surface area contributed by atoms with Crippen LogP contribution in [-0.4, -0.2) is 28.3 Å². The quantitative estimate of drug-likeness (QED) is 0.518. The first kappa shape index (κ1) is 11.8. The molecule has 0 aliphatic rings. The van der Waals surface area contributed by atoms with E-state index in [9.17, 15) is 13.5 Å². The van der Waals surface area contributed by atoms with Crippen LogP contribution in [0.5, 0.6) is 5.75 Å². The van der Waals surface area contributed by atoms with Crippen molar-refractivity contribution < 1.29 is 18.1 Å². The zero-order valence-electron chi connectivity index (χ0n) is 9.48. The number of phenols is 1. The molecule has 1 heterocycles. The van der Waals surface area contributed by atoms with E-state index in [4.69, 9.17) is 4.55 Å². The standard InChI is InChI=1S/C12H8N2O4S/c15-7-1-3-9-10-4-2-8(19(16,17)18)6-12(10)14-13-11(9)5-7/h1-6,15H,(H,16,17,18). The summed E-state index contributed by atoms with van der Waals surface area (Å²) < 4.78 is 31.1. The van der Waals surface area contributed by atoms with Crippen molar-refractivity contribution in [3.8, 4) is 5.75 Å². The molecule has 7 heteroatoms. The Morgan fingerprint density at radius 2 is 1.47 bits per heavy atom. The lowest BCUT2D eigenvalue weighted by molar-refractivity contribution is 0.476. The van der Waals surface area contributed by atoms with Gasteiger partial charge in [-0.05, 0) is 24.3 Å². The van der Waals surface area contributed by atoms with Crippen LogP contribution in [0.1, 0.15) is 0 Å². The van der Waals surface area contributed by atoms with Crippen LogP contribution in [0.25, 0.3) is 21.8 Å². The van der Waals surface area contributed by atoms with E-state index >= 15 is 0 Å². The molecule has 0 saturated heterocycles. The molecular formula is C12H8N2O4S. The maximum Gasteiger partial charge on any atom is 0.294 e. The Hall–Kier alpha value is -2.25. The Morgan fingerprint density at radius 1 is 0.895 bits per heavy atom. The van der Waals surface area contributed by atoms with Crippen molar-refractivity contribution in [3.05, 3.63) is 36.4 Å². The van der Waals surface area contributed by atoms with E-state index in [1.165, 1.54) is 24.3 Å². The molecule has 6 nitrogen and oxygen atoms in total. The Labute approximate surface area is 108 Å². The number of fused-ring (bicyclic) bond motifs is 3. The fraction of sp³-hybridized carbons (Fsp3) is 0. The van der Waals surface area contributed by atoms with Crippen molar-refractivity contribution in [2.45, 2.75) is 4.90 Å². The van der Waals surface area contributed by atoms with Crippen LogP contribution in [0.2, 0.25) is 0 Å². The summed E-state index contributed by atoms with van der Waals surface area (Å²) in [5, 5.41) is 18.6. The number of hydrogen-bond donors (Lipinski definition) is 2. The number of aromatic hydroxyl groups is 1. The van der Waals surface area contributed by atoms with Gasteiger partial charge in [-0.25, -0.2) is 0 Å². The smallest absolute Gasteiger partial charge is 0.294 e. The predicted octanol–water partition coefficient (Wildman–Crippen LogP) is 1.74. The highest BCUT2D eigenvalue weighted by Gasteiger charge is 2.12. The number of hydrogen-bond acceptors (Lipinski definition) is 5. The molecular weight excluding hydrogens is 268 g/mol. The van der Waals surface area contributed by atoms with Gasteiger partial charge in [0.05, 0.1) is 15.9 Å². The van der Waals surface area contributed by atoms with Crippen LogP contribution in [-0.2, 0) is 10.1 Å². The molecule has 0 unspecified atom stereocenters. The summed E-state index contributed by atoms with van der Waals surface area (Å²) in [7, 11) is -4.26. The fourth-order valence-corrected chi connectivity index (χ4v) is 2.42. The summed E-state index contributed by atoms with van der Waals surface area (Å²) in [4.78, 5) is -0.229. The summed E-state index contributed by atoms with van der Waals surface area (Å²) >= 11 is 0. The second-order valence-electron chi connectivity index (χ2n) is 4.06. The second kappa shape index (κ2) is 3.87. The van der Waals surface area contributed by atoms with E-state index in [0.717, 1.165) is 5.39 Å². The molecule has 0 fully saturated rings. The SMILES string of the molecule is O=S(=O)(O)c1ccc2c(c1)nnc1cc(O)ccc12. The first-order valence-corrected chi connectivity index (χ1v) is 6.76. The third kappa shape index (κ3) is 1.98. The van der Waals surface area contributed by atoms with E-state index < -0.39 is 10.1 Å². The van der Waals surface area contributed by atoms with Gasteiger partial charge < -0.3 is 5.11 Å². The molecule has 3 rings (SSSR count). The highest BCUT2D eigenvalue weighted by Crippen LogP contribution is 2.26. The Kier molecular flexibility index (Phi) is 2.41. The maximum atomic E-state index is 11.1. The second-order valence-corrected chi connectivity index (χ2v) is 5.48. The Bertz CT molecular complexity index is 906. The minimum Gasteiger partial charge on any atom is -0.508 e. The monoisotopic (exact) mass is 276 g/mol. The molecule has 0 bridgehead atoms. The lowest BCUT2D eigenvalue weighted by atomic mass is 10.1. The summed E-state index contributed by atoms with van der Waals surface area (Å²) in [6, 6.07) is 8.76. The highest BCUT2D eigenvalue weighted by atomic mass is 32.2. The van der Waals surface area contributed by atoms with Crippen LogP contribution in [0.15, 0.2) is 41.3 Å². The van der Waals surface area contributed by atoms with Crippen LogP contribution < -0.4 is 0 Å². The molecule has 19 heavy (non-hydrogen) atoms. The van der Waals surface area contributed by atoms with Gasteiger partial charge in [0.15, 0.2) is 0 Å². The van der Waals surface area contributed by atoms with Gasteiger partial charge >= 0.3 is 0 Å². The minimum absolute atomic E-state index is 0.0794. The number of aromatic nitrogens is 2. The first-order valence-electron chi connectivity index (χ1n) is 5.32. The molecule has 0 spiro atoms. The van der Waals surface area contributed by atoms with Crippen molar-refractivity contribution in [2.24, 2.45) is 0 Å². The lowest BCUT2D eigenvalue weighted by Gasteiger charge is -2.04. The van der Waals surface area contributed by atoms with E-state index in [1.54, 1.807) is 12.1 Å². The summed E-state index contributed by atoms with van der Waals surface area (Å²) in [5.74, 6) is 0.0794. The van der Waals surface area contributed by atoms with Gasteiger partial charge in [-0.2, -0.15) is 8.42 Å². The fourth-order valence-electron chi connectivity index (χ4n) is 1.92. The molecule has 96 valence electrons. The van der Waals surface area contributed by atoms with Crippen LogP contribution in [0.3, 0.4) is 0 Å². The molecule has 0 saturated carbocycles. The lowest BCUT2D eigenvalue weighted by Crippen LogP contribution is -1.98. The van der Waals surface area contributed by atoms with E-state index in [2.05, 4.69) is 10.2 Å². The molecule has 3 aromatic rings. The molecule has 0 aliphatic carbocycles. The molecule has 2 N–H and O–H groups in total. The maximum absolute atomic E-state index is 11.1. The number of benzene rings is 2. The zero-order valence-corrected chi connectivity index (χ0v) is 10.3. The van der Waals surface area contributed by atoms with Crippen LogP contribution >= 0.6 is 0 Å². The van der Waals surface area contributed by atoms with Crippen molar-refractivity contribution in [3.63, 3.8) is 0 Å². The minimum atomic E-state index is -4.26. The summed E-state index contributed by atoms with van der Waals surface area (Å²) in [5.41, 5.74) is 0.862. The number of nitrogens with zero attached hydrogens (tertiary/aromatic N) is 2. The van der Waals surface area contributed by atoms with Gasteiger partial charge in [-0.3, -0.25) is 4.55 Å². The number of rotatable bonds is 1. The Morgan fingerprint density at radius 3 is 2.11 bits per heavy atom.